The van der Waals surface area contributed by atoms with Gasteiger partial charge in [0.1, 0.15) is 24.2 Å². The Morgan fingerprint density at radius 3 is 2.36 bits per heavy atom. The summed E-state index contributed by atoms with van der Waals surface area (Å²) in [5, 5.41) is 14.9. The van der Waals surface area contributed by atoms with Gasteiger partial charge in [-0.3, -0.25) is 9.59 Å². The largest absolute Gasteiger partial charge is 0.457 e. The molecule has 2 saturated heterocycles. The zero-order valence-electron chi connectivity index (χ0n) is 29.2. The van der Waals surface area contributed by atoms with Crippen molar-refractivity contribution in [3.63, 3.8) is 0 Å². The van der Waals surface area contributed by atoms with Crippen molar-refractivity contribution in [2.24, 2.45) is 29.2 Å². The van der Waals surface area contributed by atoms with Crippen LogP contribution in [0.15, 0.2) is 0 Å². The molecule has 0 radical (unpaired) electrons. The van der Waals surface area contributed by atoms with E-state index in [9.17, 15) is 14.7 Å². The van der Waals surface area contributed by atoms with E-state index in [1.54, 1.807) is 21.0 Å². The third kappa shape index (κ3) is 8.96. The molecule has 0 saturated carbocycles. The van der Waals surface area contributed by atoms with Gasteiger partial charge >= 0.3 is 5.97 Å². The van der Waals surface area contributed by atoms with Gasteiger partial charge < -0.3 is 50.5 Å². The van der Waals surface area contributed by atoms with E-state index in [0.717, 1.165) is 0 Å². The standard InChI is InChI=1S/C33H60N4O8/c1-13-25-33(9,42-14-2)28(35)22(7)36-17-18(3)16-32(8,41-12)29(19(4)26(38)20(5)30(40)44-25)45-31-27(39)23(37(10)11)15-24(43-31)21(6)34/h2,18-25,27-29,31,36,39H,13,15-17,34-35H2,1,3-12H3/t18-,19+,20?,21?,22-,23+,24+,25-,27-,28-,29-,31+,32-,33-/m1/s1. The van der Waals surface area contributed by atoms with Gasteiger partial charge in [-0.15, -0.1) is 0 Å². The molecular formula is C33H60N4O8. The van der Waals surface area contributed by atoms with Gasteiger partial charge in [-0.1, -0.05) is 27.2 Å². The van der Waals surface area contributed by atoms with E-state index in [0.29, 0.717) is 25.8 Å². The average Bonchev–Trinajstić information content (AvgIpc) is 2.99. The van der Waals surface area contributed by atoms with E-state index in [4.69, 9.17) is 41.6 Å². The van der Waals surface area contributed by atoms with Crippen molar-refractivity contribution in [3.8, 4) is 12.5 Å². The second-order valence-corrected chi connectivity index (χ2v) is 13.9. The topological polar surface area (TPSA) is 168 Å². The first-order chi connectivity index (χ1) is 20.9. The van der Waals surface area contributed by atoms with Gasteiger partial charge in [0.2, 0.25) is 0 Å². The molecule has 0 aliphatic carbocycles. The molecular weight excluding hydrogens is 580 g/mol. The molecule has 6 N–H and O–H groups in total. The molecule has 0 aromatic rings. The molecule has 2 aliphatic rings. The fourth-order valence-electron chi connectivity index (χ4n) is 6.84. The SMILES string of the molecule is C#CO[C@@]1(C)[C@H](N)[C@@H](C)NC[C@H](C)C[C@@](C)(OC)[C@H](O[C@@H]2O[C@H](C(C)N)C[C@H](N(C)C)[C@H]2O)[C@@H](C)C(=O)C(C)C(=O)O[C@@H]1CC. The van der Waals surface area contributed by atoms with Gasteiger partial charge in [0.15, 0.2) is 17.7 Å². The normalized spacial score (nSPS) is 43.5. The van der Waals surface area contributed by atoms with Gasteiger partial charge in [0, 0.05) is 31.2 Å². The molecule has 45 heavy (non-hydrogen) atoms. The fraction of sp³-hybridized carbons (Fsp3) is 0.879. The van der Waals surface area contributed by atoms with Crippen LogP contribution in [-0.2, 0) is 33.3 Å². The molecule has 12 heteroatoms. The summed E-state index contributed by atoms with van der Waals surface area (Å²) in [6, 6.07) is -1.57. The fourth-order valence-corrected chi connectivity index (χ4v) is 6.84. The van der Waals surface area contributed by atoms with E-state index in [-0.39, 0.29) is 30.1 Å². The van der Waals surface area contributed by atoms with Crippen molar-refractivity contribution in [2.45, 2.75) is 141 Å². The highest BCUT2D eigenvalue weighted by Gasteiger charge is 2.51. The Morgan fingerprint density at radius 2 is 1.84 bits per heavy atom. The van der Waals surface area contributed by atoms with Crippen molar-refractivity contribution in [1.29, 1.82) is 0 Å². The predicted molar refractivity (Wildman–Crippen MR) is 172 cm³/mol. The van der Waals surface area contributed by atoms with Gasteiger partial charge in [-0.05, 0) is 80.4 Å². The van der Waals surface area contributed by atoms with Crippen molar-refractivity contribution in [2.75, 3.05) is 27.7 Å². The number of hydrogen-bond donors (Lipinski definition) is 4. The zero-order chi connectivity index (χ0) is 34.4. The van der Waals surface area contributed by atoms with E-state index >= 15 is 0 Å². The van der Waals surface area contributed by atoms with E-state index in [1.165, 1.54) is 6.92 Å². The number of esters is 1. The van der Waals surface area contributed by atoms with Gasteiger partial charge in [-0.25, -0.2) is 0 Å². The Kier molecular flexibility index (Phi) is 14.3. The summed E-state index contributed by atoms with van der Waals surface area (Å²) in [5.41, 5.74) is 10.7. The number of methoxy groups -OCH3 is 1. The van der Waals surface area contributed by atoms with E-state index in [1.807, 2.05) is 46.7 Å². The molecule has 2 rings (SSSR count). The lowest BCUT2D eigenvalue weighted by molar-refractivity contribution is -0.299. The minimum Gasteiger partial charge on any atom is -0.457 e. The maximum absolute atomic E-state index is 14.1. The third-order valence-corrected chi connectivity index (χ3v) is 10.0. The van der Waals surface area contributed by atoms with Crippen LogP contribution in [0.5, 0.6) is 0 Å². The van der Waals surface area contributed by atoms with Crippen molar-refractivity contribution >= 4 is 11.8 Å². The smallest absolute Gasteiger partial charge is 0.316 e. The number of rotatable bonds is 7. The first kappa shape index (κ1) is 39.4. The zero-order valence-corrected chi connectivity index (χ0v) is 29.2. The maximum atomic E-state index is 14.1. The lowest BCUT2D eigenvalue weighted by Crippen LogP contribution is -2.63. The molecule has 2 unspecified atom stereocenters. The number of aliphatic hydroxyl groups excluding tert-OH is 1. The molecule has 0 aromatic heterocycles. The number of ketones is 1. The second-order valence-electron chi connectivity index (χ2n) is 13.9. The highest BCUT2D eigenvalue weighted by molar-refractivity contribution is 6.00. The summed E-state index contributed by atoms with van der Waals surface area (Å²) in [5.74, 6) is -3.13. The minimum atomic E-state index is -1.23. The second kappa shape index (κ2) is 16.3. The molecule has 0 amide bonds. The lowest BCUT2D eigenvalue weighted by atomic mass is 9.78. The van der Waals surface area contributed by atoms with Crippen LogP contribution in [0.1, 0.15) is 74.7 Å². The van der Waals surface area contributed by atoms with Crippen LogP contribution in [0.25, 0.3) is 0 Å². The first-order valence-electron chi connectivity index (χ1n) is 16.2. The van der Waals surface area contributed by atoms with Crippen LogP contribution in [0.4, 0.5) is 0 Å². The number of ether oxygens (including phenoxy) is 5. The number of nitrogens with two attached hydrogens (primary N) is 2. The molecule has 0 spiro atoms. The van der Waals surface area contributed by atoms with Crippen LogP contribution in [-0.4, -0.2) is 116 Å². The molecule has 2 fully saturated rings. The molecule has 2 heterocycles. The molecule has 2 aliphatic heterocycles. The Balaban J connectivity index is 2.60. The van der Waals surface area contributed by atoms with Crippen LogP contribution in [0.2, 0.25) is 0 Å². The van der Waals surface area contributed by atoms with Gasteiger partial charge in [-0.2, -0.15) is 0 Å². The minimum absolute atomic E-state index is 0.0174. The van der Waals surface area contributed by atoms with Crippen LogP contribution < -0.4 is 16.8 Å². The van der Waals surface area contributed by atoms with Crippen LogP contribution >= 0.6 is 0 Å². The van der Waals surface area contributed by atoms with Crippen molar-refractivity contribution in [3.05, 3.63) is 0 Å². The van der Waals surface area contributed by atoms with Crippen LogP contribution in [0, 0.1) is 30.3 Å². The number of carbonyl (C=O) groups excluding carboxylic acids is 2. The first-order valence-corrected chi connectivity index (χ1v) is 16.2. The van der Waals surface area contributed by atoms with Crippen molar-refractivity contribution in [1.82, 2.24) is 10.2 Å². The van der Waals surface area contributed by atoms with Gasteiger partial charge in [0.05, 0.1) is 23.9 Å². The predicted octanol–water partition coefficient (Wildman–Crippen LogP) is 1.40. The highest BCUT2D eigenvalue weighted by Crippen LogP contribution is 2.37. The Labute approximate surface area is 270 Å². The Hall–Kier alpha value is -1.82. The number of nitrogens with zero attached hydrogens (tertiary/aromatic N) is 1. The van der Waals surface area contributed by atoms with E-state index < -0.39 is 65.4 Å². The molecule has 260 valence electrons. The highest BCUT2D eigenvalue weighted by atomic mass is 16.7. The van der Waals surface area contributed by atoms with E-state index in [2.05, 4.69) is 18.3 Å². The number of aliphatic hydroxyl groups is 1. The number of carbonyl (C=O) groups is 2. The number of terminal acetylenes is 1. The Bertz CT molecular complexity index is 1020. The number of nitrogens with one attached hydrogen (secondary N) is 1. The number of likely N-dealkylation sites (N-methyl/N-ethyl adjacent to an activating group) is 1. The summed E-state index contributed by atoms with van der Waals surface area (Å²) in [4.78, 5) is 29.6. The summed E-state index contributed by atoms with van der Waals surface area (Å²) < 4.78 is 30.6. The summed E-state index contributed by atoms with van der Waals surface area (Å²) in [7, 11) is 5.32. The van der Waals surface area contributed by atoms with Crippen molar-refractivity contribution < 1.29 is 38.4 Å². The summed E-state index contributed by atoms with van der Waals surface area (Å²) in [6.07, 6.45) is 4.88. The maximum Gasteiger partial charge on any atom is 0.316 e. The third-order valence-electron chi connectivity index (χ3n) is 10.0. The number of cyclic esters (lactones) is 1. The van der Waals surface area contributed by atoms with Crippen LogP contribution in [0.3, 0.4) is 0 Å². The molecule has 12 nitrogen and oxygen atoms in total. The average molecular weight is 641 g/mol. The molecule has 0 bridgehead atoms. The Morgan fingerprint density at radius 1 is 1.22 bits per heavy atom. The molecule has 14 atom stereocenters. The van der Waals surface area contributed by atoms with Gasteiger partial charge in [0.25, 0.3) is 0 Å². The lowest BCUT2D eigenvalue weighted by Gasteiger charge is -2.47. The number of hydrogen-bond acceptors (Lipinski definition) is 12. The summed E-state index contributed by atoms with van der Waals surface area (Å²) in [6.45, 7) is 15.0. The number of Topliss-reactive ketones (excluding diaryl/α,β-unsaturated/α-hetero) is 1. The quantitative estimate of drug-likeness (QED) is 0.180. The monoisotopic (exact) mass is 640 g/mol. The molecule has 0 aromatic carbocycles. The summed E-state index contributed by atoms with van der Waals surface area (Å²) >= 11 is 0.